The fraction of sp³-hybridized carbons (Fsp3) is 0.930. The Bertz CT molecular complexity index is 792. The highest BCUT2D eigenvalue weighted by Crippen LogP contribution is 2.34. The molecule has 2 fully saturated rings. The van der Waals surface area contributed by atoms with Gasteiger partial charge in [-0.2, -0.15) is 0 Å². The molecule has 2 rings (SSSR count). The van der Waals surface area contributed by atoms with Gasteiger partial charge in [0.1, 0.15) is 6.61 Å². The maximum Gasteiger partial charge on any atom is 0.129 e. The molecule has 2 aliphatic rings. The normalized spacial score (nSPS) is 19.6. The molecule has 2 aliphatic heterocycles. The van der Waals surface area contributed by atoms with Crippen LogP contribution < -0.4 is 0 Å². The Morgan fingerprint density at radius 2 is 1.40 bits per heavy atom. The number of oxime groups is 1. The van der Waals surface area contributed by atoms with Crippen LogP contribution in [0.3, 0.4) is 0 Å². The first kappa shape index (κ1) is 49.2. The SMILES string of the molecule is C/C(CCC(C)(C)C)=N/OCCN1CCCCC1.C=C(C)CCC(C)C.CC(C)(C)CCC1(C)CCCO1.CC(C)CCC(C)N(C)C. The lowest BCUT2D eigenvalue weighted by atomic mass is 9.84. The van der Waals surface area contributed by atoms with Gasteiger partial charge in [0.25, 0.3) is 0 Å². The van der Waals surface area contributed by atoms with E-state index in [0.717, 1.165) is 56.2 Å². The Balaban J connectivity index is 0. The van der Waals surface area contributed by atoms with Crippen LogP contribution >= 0.6 is 0 Å². The molecule has 0 saturated carbocycles. The molecule has 0 aliphatic carbocycles. The molecule has 2 heterocycles. The first-order chi connectivity index (χ1) is 22.0. The number of piperidine rings is 1. The number of rotatable bonds is 15. The van der Waals surface area contributed by atoms with Gasteiger partial charge in [-0.05, 0) is 155 Å². The predicted molar refractivity (Wildman–Crippen MR) is 216 cm³/mol. The van der Waals surface area contributed by atoms with Crippen molar-refractivity contribution < 1.29 is 9.57 Å². The standard InChI is InChI=1S/C15H30N2O.C11H22O.C9H21N.C8H16/c1-14(8-9-15(2,3)4)16-18-13-12-17-10-6-5-7-11-17;1-10(2,3)7-8-11(4)6-5-9-12-11;1-8(2)6-7-9(3)10(4)5;1-7(2)5-6-8(3)4/h5-13H2,1-4H3;5-9H2,1-4H3;8-9H,6-7H2,1-5H3;8H,1,5-6H2,2-4H3/b16-14-;;;. The minimum Gasteiger partial charge on any atom is -0.394 e. The molecule has 2 atom stereocenters. The van der Waals surface area contributed by atoms with Crippen LogP contribution in [0, 0.1) is 22.7 Å². The zero-order valence-corrected chi connectivity index (χ0v) is 35.8. The summed E-state index contributed by atoms with van der Waals surface area (Å²) in [4.78, 5) is 10.2. The average molecular weight is 680 g/mol. The van der Waals surface area contributed by atoms with E-state index in [0.29, 0.717) is 10.8 Å². The van der Waals surface area contributed by atoms with E-state index in [1.807, 2.05) is 0 Å². The summed E-state index contributed by atoms with van der Waals surface area (Å²) < 4.78 is 5.74. The van der Waals surface area contributed by atoms with Gasteiger partial charge in [-0.3, -0.25) is 4.90 Å². The molecular formula is C43H89N3O2. The number of nitrogens with zero attached hydrogens (tertiary/aromatic N) is 3. The summed E-state index contributed by atoms with van der Waals surface area (Å²) in [5.74, 6) is 1.68. The molecule has 0 N–H and O–H groups in total. The topological polar surface area (TPSA) is 37.3 Å². The van der Waals surface area contributed by atoms with Gasteiger partial charge in [-0.15, -0.1) is 6.58 Å². The van der Waals surface area contributed by atoms with Crippen LogP contribution in [0.15, 0.2) is 17.3 Å². The number of hydrogen-bond donors (Lipinski definition) is 0. The fourth-order valence-corrected chi connectivity index (χ4v) is 5.15. The van der Waals surface area contributed by atoms with Crippen LogP contribution in [0.25, 0.3) is 0 Å². The lowest BCUT2D eigenvalue weighted by molar-refractivity contribution is 0.00512. The zero-order valence-electron chi connectivity index (χ0n) is 35.8. The predicted octanol–water partition coefficient (Wildman–Crippen LogP) is 12.4. The molecule has 2 saturated heterocycles. The van der Waals surface area contributed by atoms with E-state index in [2.05, 4.69) is 133 Å². The van der Waals surface area contributed by atoms with Gasteiger partial charge in [0.2, 0.25) is 0 Å². The lowest BCUT2D eigenvalue weighted by Gasteiger charge is -2.27. The summed E-state index contributed by atoms with van der Waals surface area (Å²) >= 11 is 0. The smallest absolute Gasteiger partial charge is 0.129 e. The molecule has 0 aromatic carbocycles. The zero-order chi connectivity index (χ0) is 37.4. The molecule has 0 spiro atoms. The van der Waals surface area contributed by atoms with E-state index in [1.54, 1.807) is 0 Å². The maximum absolute atomic E-state index is 5.74. The third-order valence-corrected chi connectivity index (χ3v) is 9.30. The second-order valence-electron chi connectivity index (χ2n) is 18.8. The van der Waals surface area contributed by atoms with Crippen molar-refractivity contribution in [3.8, 4) is 0 Å². The van der Waals surface area contributed by atoms with Crippen molar-refractivity contribution in [2.24, 2.45) is 27.8 Å². The Morgan fingerprint density at radius 3 is 1.81 bits per heavy atom. The largest absolute Gasteiger partial charge is 0.394 e. The van der Waals surface area contributed by atoms with Crippen LogP contribution in [0.2, 0.25) is 0 Å². The monoisotopic (exact) mass is 680 g/mol. The fourth-order valence-electron chi connectivity index (χ4n) is 5.15. The number of likely N-dealkylation sites (tertiary alicyclic amines) is 1. The molecule has 288 valence electrons. The highest BCUT2D eigenvalue weighted by atomic mass is 16.6. The highest BCUT2D eigenvalue weighted by Gasteiger charge is 2.30. The summed E-state index contributed by atoms with van der Waals surface area (Å²) in [6.07, 6.45) is 16.4. The Labute approximate surface area is 303 Å². The van der Waals surface area contributed by atoms with Crippen LogP contribution in [-0.4, -0.2) is 74.1 Å². The minimum atomic E-state index is 0.202. The second-order valence-corrected chi connectivity index (χ2v) is 18.8. The maximum atomic E-state index is 5.74. The van der Waals surface area contributed by atoms with Crippen molar-refractivity contribution >= 4 is 5.71 Å². The lowest BCUT2D eigenvalue weighted by Crippen LogP contribution is -2.32. The van der Waals surface area contributed by atoms with E-state index in [9.17, 15) is 0 Å². The summed E-state index contributed by atoms with van der Waals surface area (Å²) in [6, 6.07) is 0.738. The molecule has 5 nitrogen and oxygen atoms in total. The number of ether oxygens (including phenoxy) is 1. The summed E-state index contributed by atoms with van der Waals surface area (Å²) in [5.41, 5.74) is 3.45. The molecule has 0 amide bonds. The van der Waals surface area contributed by atoms with Crippen molar-refractivity contribution in [1.29, 1.82) is 0 Å². The highest BCUT2D eigenvalue weighted by molar-refractivity contribution is 5.81. The third-order valence-electron chi connectivity index (χ3n) is 9.30. The van der Waals surface area contributed by atoms with Gasteiger partial charge in [0.05, 0.1) is 11.3 Å². The van der Waals surface area contributed by atoms with Gasteiger partial charge >= 0.3 is 0 Å². The minimum absolute atomic E-state index is 0.202. The molecule has 0 aromatic rings. The Hall–Kier alpha value is -0.910. The summed E-state index contributed by atoms with van der Waals surface area (Å²) in [5, 5.41) is 4.20. The quantitative estimate of drug-likeness (QED) is 0.0747. The van der Waals surface area contributed by atoms with Crippen molar-refractivity contribution in [2.75, 3.05) is 46.9 Å². The Kier molecular flexibility index (Phi) is 27.5. The van der Waals surface area contributed by atoms with Crippen LogP contribution in [0.1, 0.15) is 180 Å². The molecule has 48 heavy (non-hydrogen) atoms. The summed E-state index contributed by atoms with van der Waals surface area (Å²) in [6.45, 7) is 40.4. The average Bonchev–Trinajstić information content (AvgIpc) is 3.42. The first-order valence-corrected chi connectivity index (χ1v) is 19.9. The van der Waals surface area contributed by atoms with Gasteiger partial charge in [-0.1, -0.05) is 86.4 Å². The molecule has 2 unspecified atom stereocenters. The second kappa shape index (κ2) is 26.8. The van der Waals surface area contributed by atoms with E-state index in [1.165, 1.54) is 89.3 Å². The van der Waals surface area contributed by atoms with Crippen molar-refractivity contribution in [1.82, 2.24) is 9.80 Å². The summed E-state index contributed by atoms with van der Waals surface area (Å²) in [7, 11) is 4.29. The van der Waals surface area contributed by atoms with Gasteiger partial charge in [0, 0.05) is 19.2 Å². The van der Waals surface area contributed by atoms with Gasteiger partial charge in [-0.25, -0.2) is 0 Å². The molecule has 0 radical (unpaired) electrons. The van der Waals surface area contributed by atoms with E-state index in [-0.39, 0.29) is 5.60 Å². The number of hydrogen-bond acceptors (Lipinski definition) is 5. The van der Waals surface area contributed by atoms with Crippen LogP contribution in [0.4, 0.5) is 0 Å². The van der Waals surface area contributed by atoms with Crippen LogP contribution in [-0.2, 0) is 9.57 Å². The third kappa shape index (κ3) is 34.9. The van der Waals surface area contributed by atoms with E-state index in [4.69, 9.17) is 9.57 Å². The molecular weight excluding hydrogens is 590 g/mol. The molecule has 5 heteroatoms. The van der Waals surface area contributed by atoms with Crippen molar-refractivity contribution in [2.45, 2.75) is 192 Å². The molecule has 0 aromatic heterocycles. The van der Waals surface area contributed by atoms with E-state index >= 15 is 0 Å². The first-order valence-electron chi connectivity index (χ1n) is 19.9. The van der Waals surface area contributed by atoms with Crippen molar-refractivity contribution in [3.63, 3.8) is 0 Å². The Morgan fingerprint density at radius 1 is 0.833 bits per heavy atom. The van der Waals surface area contributed by atoms with Gasteiger partial charge in [0.15, 0.2) is 0 Å². The number of allylic oxidation sites excluding steroid dienone is 1. The van der Waals surface area contributed by atoms with Crippen molar-refractivity contribution in [3.05, 3.63) is 12.2 Å². The van der Waals surface area contributed by atoms with E-state index < -0.39 is 0 Å². The van der Waals surface area contributed by atoms with Gasteiger partial charge < -0.3 is 14.5 Å². The van der Waals surface area contributed by atoms with Crippen LogP contribution in [0.5, 0.6) is 0 Å². The molecule has 0 bridgehead atoms.